The maximum Gasteiger partial charge on any atom is 0.259 e. The SMILES string of the molecule is CCN1CCN(C(=O)c2cnn3c2NC(C2CCCCC2)CC3(C)C)CC1. The molecule has 1 N–H and O–H groups in total. The quantitative estimate of drug-likeness (QED) is 0.884. The molecule has 3 aliphatic rings. The number of likely N-dealkylation sites (N-methyl/N-ethyl adjacent to an activating group) is 1. The van der Waals surface area contributed by atoms with Gasteiger partial charge in [-0.05, 0) is 45.6 Å². The highest BCUT2D eigenvalue weighted by Crippen LogP contribution is 2.39. The molecular formula is C21H35N5O. The second-order valence-corrected chi connectivity index (χ2v) is 9.21. The molecule has 1 amide bonds. The van der Waals surface area contributed by atoms with Crippen LogP contribution >= 0.6 is 0 Å². The van der Waals surface area contributed by atoms with Gasteiger partial charge in [0.1, 0.15) is 11.4 Å². The molecule has 27 heavy (non-hydrogen) atoms. The van der Waals surface area contributed by atoms with Crippen LogP contribution in [-0.4, -0.2) is 64.3 Å². The molecule has 150 valence electrons. The van der Waals surface area contributed by atoms with Crippen molar-refractivity contribution in [2.75, 3.05) is 38.0 Å². The van der Waals surface area contributed by atoms with Crippen molar-refractivity contribution < 1.29 is 4.79 Å². The lowest BCUT2D eigenvalue weighted by atomic mass is 9.78. The van der Waals surface area contributed by atoms with E-state index in [1.165, 1.54) is 32.1 Å². The lowest BCUT2D eigenvalue weighted by Crippen LogP contribution is -2.49. The molecule has 1 aliphatic carbocycles. The average Bonchev–Trinajstić information content (AvgIpc) is 3.13. The highest BCUT2D eigenvalue weighted by atomic mass is 16.2. The molecule has 1 atom stereocenters. The van der Waals surface area contributed by atoms with Crippen LogP contribution in [0.15, 0.2) is 6.20 Å². The van der Waals surface area contributed by atoms with Crippen LogP contribution in [0.4, 0.5) is 5.82 Å². The molecule has 1 aromatic rings. The Hall–Kier alpha value is -1.56. The Kier molecular flexibility index (Phi) is 5.19. The fraction of sp³-hybridized carbons (Fsp3) is 0.810. The first-order valence-corrected chi connectivity index (χ1v) is 10.9. The summed E-state index contributed by atoms with van der Waals surface area (Å²) in [6, 6.07) is 0.452. The average molecular weight is 374 g/mol. The summed E-state index contributed by atoms with van der Waals surface area (Å²) in [5.41, 5.74) is 0.704. The fourth-order valence-corrected chi connectivity index (χ4v) is 5.21. The molecule has 0 spiro atoms. The molecule has 0 bridgehead atoms. The Labute approximate surface area is 163 Å². The summed E-state index contributed by atoms with van der Waals surface area (Å²) in [4.78, 5) is 17.6. The number of nitrogens with one attached hydrogen (secondary N) is 1. The number of hydrogen-bond acceptors (Lipinski definition) is 4. The molecule has 1 aromatic heterocycles. The predicted octanol–water partition coefficient (Wildman–Crippen LogP) is 3.16. The fourth-order valence-electron chi connectivity index (χ4n) is 5.21. The van der Waals surface area contributed by atoms with E-state index in [1.807, 2.05) is 4.90 Å². The monoisotopic (exact) mass is 373 g/mol. The number of nitrogens with zero attached hydrogens (tertiary/aromatic N) is 4. The summed E-state index contributed by atoms with van der Waals surface area (Å²) in [6.45, 7) is 11.3. The normalized spacial score (nSPS) is 26.5. The zero-order valence-electron chi connectivity index (χ0n) is 17.2. The van der Waals surface area contributed by atoms with Crippen LogP contribution in [-0.2, 0) is 5.54 Å². The Morgan fingerprint density at radius 2 is 1.89 bits per heavy atom. The van der Waals surface area contributed by atoms with E-state index < -0.39 is 0 Å². The van der Waals surface area contributed by atoms with Crippen molar-refractivity contribution in [2.45, 2.75) is 70.9 Å². The van der Waals surface area contributed by atoms with Crippen LogP contribution in [0, 0.1) is 5.92 Å². The first-order valence-electron chi connectivity index (χ1n) is 10.9. The van der Waals surface area contributed by atoms with Gasteiger partial charge >= 0.3 is 0 Å². The molecule has 0 radical (unpaired) electrons. The van der Waals surface area contributed by atoms with Crippen molar-refractivity contribution in [1.82, 2.24) is 19.6 Å². The summed E-state index contributed by atoms with van der Waals surface area (Å²) < 4.78 is 2.06. The number of piperazine rings is 1. The highest BCUT2D eigenvalue weighted by molar-refractivity contribution is 5.99. The van der Waals surface area contributed by atoms with Crippen LogP contribution in [0.1, 0.15) is 69.7 Å². The number of carbonyl (C=O) groups is 1. The smallest absolute Gasteiger partial charge is 0.259 e. The minimum atomic E-state index is -0.0534. The molecule has 1 saturated carbocycles. The summed E-state index contributed by atoms with van der Waals surface area (Å²) in [5.74, 6) is 1.81. The number of hydrogen-bond donors (Lipinski definition) is 1. The molecule has 1 unspecified atom stereocenters. The first-order chi connectivity index (χ1) is 13.0. The molecule has 3 heterocycles. The van der Waals surface area contributed by atoms with Gasteiger partial charge in [0.15, 0.2) is 0 Å². The van der Waals surface area contributed by atoms with Crippen LogP contribution in [0.25, 0.3) is 0 Å². The molecule has 2 aliphatic heterocycles. The maximum absolute atomic E-state index is 13.2. The van der Waals surface area contributed by atoms with Crippen LogP contribution in [0.3, 0.4) is 0 Å². The van der Waals surface area contributed by atoms with E-state index in [0.717, 1.165) is 56.4 Å². The maximum atomic E-state index is 13.2. The summed E-state index contributed by atoms with van der Waals surface area (Å²) >= 11 is 0. The van der Waals surface area contributed by atoms with Crippen LogP contribution in [0.2, 0.25) is 0 Å². The van der Waals surface area contributed by atoms with E-state index in [0.29, 0.717) is 6.04 Å². The number of aromatic nitrogens is 2. The number of carbonyl (C=O) groups excluding carboxylic acids is 1. The summed E-state index contributed by atoms with van der Waals surface area (Å²) in [7, 11) is 0. The van der Waals surface area contributed by atoms with Gasteiger partial charge in [-0.3, -0.25) is 4.79 Å². The largest absolute Gasteiger partial charge is 0.366 e. The summed E-state index contributed by atoms with van der Waals surface area (Å²) in [6.07, 6.45) is 9.55. The molecule has 6 nitrogen and oxygen atoms in total. The van der Waals surface area contributed by atoms with Gasteiger partial charge in [-0.1, -0.05) is 26.2 Å². The number of anilines is 1. The van der Waals surface area contributed by atoms with Crippen molar-refractivity contribution in [3.63, 3.8) is 0 Å². The third kappa shape index (κ3) is 3.60. The topological polar surface area (TPSA) is 53.4 Å². The Bertz CT molecular complexity index is 668. The van der Waals surface area contributed by atoms with Gasteiger partial charge in [0.2, 0.25) is 0 Å². The Balaban J connectivity index is 1.55. The lowest BCUT2D eigenvalue weighted by Gasteiger charge is -2.42. The van der Waals surface area contributed by atoms with Crippen molar-refractivity contribution in [2.24, 2.45) is 5.92 Å². The van der Waals surface area contributed by atoms with Crippen molar-refractivity contribution in [1.29, 1.82) is 0 Å². The van der Waals surface area contributed by atoms with E-state index >= 15 is 0 Å². The van der Waals surface area contributed by atoms with Gasteiger partial charge in [-0.25, -0.2) is 4.68 Å². The Morgan fingerprint density at radius 3 is 2.56 bits per heavy atom. The van der Waals surface area contributed by atoms with Crippen molar-refractivity contribution in [3.05, 3.63) is 11.8 Å². The van der Waals surface area contributed by atoms with Crippen LogP contribution in [0.5, 0.6) is 0 Å². The van der Waals surface area contributed by atoms with E-state index in [2.05, 4.69) is 40.8 Å². The van der Waals surface area contributed by atoms with Gasteiger partial charge in [0.25, 0.3) is 5.91 Å². The summed E-state index contributed by atoms with van der Waals surface area (Å²) in [5, 5.41) is 8.39. The second kappa shape index (κ2) is 7.46. The van der Waals surface area contributed by atoms with E-state index in [4.69, 9.17) is 0 Å². The van der Waals surface area contributed by atoms with Gasteiger partial charge in [-0.2, -0.15) is 5.10 Å². The van der Waals surface area contributed by atoms with E-state index in [1.54, 1.807) is 6.20 Å². The first kappa shape index (κ1) is 18.8. The number of rotatable bonds is 3. The molecule has 4 rings (SSSR count). The second-order valence-electron chi connectivity index (χ2n) is 9.21. The van der Waals surface area contributed by atoms with Gasteiger partial charge in [0.05, 0.1) is 11.7 Å². The highest BCUT2D eigenvalue weighted by Gasteiger charge is 2.39. The minimum absolute atomic E-state index is 0.0534. The third-order valence-corrected chi connectivity index (χ3v) is 6.94. The lowest BCUT2D eigenvalue weighted by molar-refractivity contribution is 0.0643. The standard InChI is InChI=1S/C21H35N5O/c1-4-24-10-12-25(13-11-24)20(27)17-15-22-26-19(17)23-18(14-21(26,2)3)16-8-6-5-7-9-16/h15-16,18,23H,4-14H2,1-3H3. The third-order valence-electron chi connectivity index (χ3n) is 6.94. The molecule has 6 heteroatoms. The number of fused-ring (bicyclic) bond motifs is 1. The number of amides is 1. The van der Waals surface area contributed by atoms with Gasteiger partial charge in [-0.15, -0.1) is 0 Å². The molecule has 0 aromatic carbocycles. The van der Waals surface area contributed by atoms with Crippen LogP contribution < -0.4 is 5.32 Å². The predicted molar refractivity (Wildman–Crippen MR) is 108 cm³/mol. The molecule has 2 fully saturated rings. The minimum Gasteiger partial charge on any atom is -0.366 e. The van der Waals surface area contributed by atoms with E-state index in [-0.39, 0.29) is 11.4 Å². The Morgan fingerprint density at radius 1 is 1.19 bits per heavy atom. The molecule has 1 saturated heterocycles. The molecular weight excluding hydrogens is 338 g/mol. The van der Waals surface area contributed by atoms with Crippen molar-refractivity contribution in [3.8, 4) is 0 Å². The van der Waals surface area contributed by atoms with E-state index in [9.17, 15) is 4.79 Å². The van der Waals surface area contributed by atoms with Gasteiger partial charge in [0, 0.05) is 32.2 Å². The van der Waals surface area contributed by atoms with Crippen molar-refractivity contribution >= 4 is 11.7 Å². The zero-order chi connectivity index (χ0) is 19.0. The van der Waals surface area contributed by atoms with Gasteiger partial charge < -0.3 is 15.1 Å². The zero-order valence-corrected chi connectivity index (χ0v) is 17.2.